The van der Waals surface area contributed by atoms with Gasteiger partial charge in [-0.3, -0.25) is 0 Å². The van der Waals surface area contributed by atoms with Gasteiger partial charge in [0, 0.05) is 23.7 Å². The van der Waals surface area contributed by atoms with Crippen molar-refractivity contribution < 1.29 is 0 Å². The van der Waals surface area contributed by atoms with Gasteiger partial charge >= 0.3 is 0 Å². The Labute approximate surface area is 80.0 Å². The molecule has 6 atom stereocenters. The first kappa shape index (κ1) is 10.9. The molecule has 4 nitrogen and oxygen atoms in total. The van der Waals surface area contributed by atoms with E-state index < -0.39 is 5.54 Å². The van der Waals surface area contributed by atoms with Gasteiger partial charge in [-0.05, 0) is 18.8 Å². The highest BCUT2D eigenvalue weighted by Crippen LogP contribution is 2.33. The van der Waals surface area contributed by atoms with Gasteiger partial charge in [-0.1, -0.05) is 13.8 Å². The van der Waals surface area contributed by atoms with Crippen LogP contribution in [0.15, 0.2) is 0 Å². The van der Waals surface area contributed by atoms with Crippen LogP contribution in [0.3, 0.4) is 0 Å². The van der Waals surface area contributed by atoms with E-state index in [1.807, 2.05) is 6.92 Å². The first-order chi connectivity index (χ1) is 5.80. The van der Waals surface area contributed by atoms with Crippen LogP contribution in [0, 0.1) is 11.8 Å². The molecule has 1 rings (SSSR count). The summed E-state index contributed by atoms with van der Waals surface area (Å²) in [5.41, 5.74) is 23.6. The third kappa shape index (κ3) is 1.48. The van der Waals surface area contributed by atoms with Gasteiger partial charge < -0.3 is 22.9 Å². The van der Waals surface area contributed by atoms with E-state index in [4.69, 9.17) is 22.9 Å². The van der Waals surface area contributed by atoms with Gasteiger partial charge in [-0.25, -0.2) is 0 Å². The first-order valence-corrected chi connectivity index (χ1v) is 4.85. The summed E-state index contributed by atoms with van der Waals surface area (Å²) in [6.45, 7) is 6.15. The number of nitrogens with two attached hydrogens (primary N) is 4. The third-order valence-corrected chi connectivity index (χ3v) is 3.95. The van der Waals surface area contributed by atoms with E-state index in [0.29, 0.717) is 11.8 Å². The fourth-order valence-electron chi connectivity index (χ4n) is 2.21. The molecule has 1 aliphatic rings. The highest BCUT2D eigenvalue weighted by atomic mass is 15.0. The molecule has 78 valence electrons. The smallest absolute Gasteiger partial charge is 0.0390 e. The molecule has 0 aromatic rings. The van der Waals surface area contributed by atoms with Crippen molar-refractivity contribution in [2.75, 3.05) is 0 Å². The van der Waals surface area contributed by atoms with Gasteiger partial charge in [0.15, 0.2) is 0 Å². The fourth-order valence-corrected chi connectivity index (χ4v) is 2.21. The minimum Gasteiger partial charge on any atom is -0.326 e. The Morgan fingerprint density at radius 1 is 1.00 bits per heavy atom. The van der Waals surface area contributed by atoms with E-state index in [9.17, 15) is 0 Å². The Kier molecular flexibility index (Phi) is 2.69. The summed E-state index contributed by atoms with van der Waals surface area (Å²) in [6.07, 6.45) is 0. The topological polar surface area (TPSA) is 104 Å². The minimum absolute atomic E-state index is 0.0402. The molecule has 0 heterocycles. The van der Waals surface area contributed by atoms with E-state index in [2.05, 4.69) is 13.8 Å². The van der Waals surface area contributed by atoms with Gasteiger partial charge in [0.1, 0.15) is 0 Å². The molecule has 0 aromatic heterocycles. The molecule has 1 fully saturated rings. The van der Waals surface area contributed by atoms with Gasteiger partial charge in [0.25, 0.3) is 0 Å². The summed E-state index contributed by atoms with van der Waals surface area (Å²) in [6, 6.07) is -0.448. The van der Waals surface area contributed by atoms with E-state index in [1.54, 1.807) is 0 Å². The van der Waals surface area contributed by atoms with Crippen LogP contribution in [-0.4, -0.2) is 23.7 Å². The molecule has 0 amide bonds. The lowest BCUT2D eigenvalue weighted by molar-refractivity contribution is 0.0962. The lowest BCUT2D eigenvalue weighted by atomic mass is 9.63. The first-order valence-electron chi connectivity index (χ1n) is 4.85. The third-order valence-electron chi connectivity index (χ3n) is 3.95. The Hall–Kier alpha value is -0.160. The second-order valence-corrected chi connectivity index (χ2v) is 4.69. The van der Waals surface area contributed by atoms with Crippen molar-refractivity contribution in [1.29, 1.82) is 0 Å². The van der Waals surface area contributed by atoms with Crippen molar-refractivity contribution in [3.8, 4) is 0 Å². The molecule has 6 unspecified atom stereocenters. The molecule has 0 saturated heterocycles. The van der Waals surface area contributed by atoms with Crippen LogP contribution in [0.2, 0.25) is 0 Å². The monoisotopic (exact) mass is 186 g/mol. The molecule has 8 N–H and O–H groups in total. The lowest BCUT2D eigenvalue weighted by Crippen LogP contribution is -2.74. The zero-order chi connectivity index (χ0) is 10.4. The number of hydrogen-bond donors (Lipinski definition) is 4. The average molecular weight is 186 g/mol. The van der Waals surface area contributed by atoms with Crippen molar-refractivity contribution in [3.63, 3.8) is 0 Å². The molecular formula is C9H22N4. The second-order valence-electron chi connectivity index (χ2n) is 4.69. The summed E-state index contributed by atoms with van der Waals surface area (Å²) >= 11 is 0. The summed E-state index contributed by atoms with van der Waals surface area (Å²) in [5.74, 6) is 0.627. The van der Waals surface area contributed by atoms with Crippen molar-refractivity contribution in [3.05, 3.63) is 0 Å². The highest BCUT2D eigenvalue weighted by molar-refractivity contribution is 5.10. The summed E-state index contributed by atoms with van der Waals surface area (Å²) in [7, 11) is 0. The number of hydrogen-bond acceptors (Lipinski definition) is 4. The average Bonchev–Trinajstić information content (AvgIpc) is 2.09. The largest absolute Gasteiger partial charge is 0.326 e. The normalized spacial score (nSPS) is 57.9. The molecule has 0 aliphatic heterocycles. The Bertz CT molecular complexity index is 174. The van der Waals surface area contributed by atoms with Gasteiger partial charge in [-0.15, -0.1) is 0 Å². The van der Waals surface area contributed by atoms with E-state index >= 15 is 0 Å². The molecule has 1 saturated carbocycles. The van der Waals surface area contributed by atoms with Crippen LogP contribution >= 0.6 is 0 Å². The van der Waals surface area contributed by atoms with Crippen LogP contribution in [0.4, 0.5) is 0 Å². The second kappa shape index (κ2) is 3.20. The van der Waals surface area contributed by atoms with Gasteiger partial charge in [0.2, 0.25) is 0 Å². The fraction of sp³-hybridized carbons (Fsp3) is 1.00. The maximum Gasteiger partial charge on any atom is 0.0390 e. The van der Waals surface area contributed by atoms with Crippen molar-refractivity contribution in [2.24, 2.45) is 34.8 Å². The lowest BCUT2D eigenvalue weighted by Gasteiger charge is -2.51. The van der Waals surface area contributed by atoms with E-state index in [-0.39, 0.29) is 18.1 Å². The number of rotatable bonds is 0. The van der Waals surface area contributed by atoms with Crippen LogP contribution < -0.4 is 22.9 Å². The van der Waals surface area contributed by atoms with Crippen LogP contribution in [0.1, 0.15) is 20.8 Å². The van der Waals surface area contributed by atoms with Gasteiger partial charge in [0.05, 0.1) is 0 Å². The van der Waals surface area contributed by atoms with Crippen molar-refractivity contribution >= 4 is 0 Å². The van der Waals surface area contributed by atoms with Crippen molar-refractivity contribution in [1.82, 2.24) is 0 Å². The molecule has 13 heavy (non-hydrogen) atoms. The highest BCUT2D eigenvalue weighted by Gasteiger charge is 2.47. The van der Waals surface area contributed by atoms with Crippen LogP contribution in [0.5, 0.6) is 0 Å². The zero-order valence-electron chi connectivity index (χ0n) is 8.70. The molecule has 0 radical (unpaired) electrons. The summed E-state index contributed by atoms with van der Waals surface area (Å²) in [4.78, 5) is 0. The summed E-state index contributed by atoms with van der Waals surface area (Å²) < 4.78 is 0. The predicted molar refractivity (Wildman–Crippen MR) is 54.8 cm³/mol. The Morgan fingerprint density at radius 2 is 1.46 bits per heavy atom. The predicted octanol–water partition coefficient (Wildman–Crippen LogP) is -1.03. The zero-order valence-corrected chi connectivity index (χ0v) is 8.70. The van der Waals surface area contributed by atoms with Crippen LogP contribution in [0.25, 0.3) is 0 Å². The Balaban J connectivity index is 2.93. The molecule has 4 heteroatoms. The maximum atomic E-state index is 6.15. The molecule has 0 aromatic carbocycles. The van der Waals surface area contributed by atoms with E-state index in [0.717, 1.165) is 0 Å². The molecular weight excluding hydrogens is 164 g/mol. The minimum atomic E-state index is -0.408. The van der Waals surface area contributed by atoms with Crippen molar-refractivity contribution in [2.45, 2.75) is 44.4 Å². The molecule has 0 spiro atoms. The molecule has 1 aliphatic carbocycles. The van der Waals surface area contributed by atoms with Gasteiger partial charge in [-0.2, -0.15) is 0 Å². The van der Waals surface area contributed by atoms with Crippen LogP contribution in [-0.2, 0) is 0 Å². The maximum absolute atomic E-state index is 6.15. The standard InChI is InChI=1S/C9H22N4/c1-4-5(2)9(3,13)8(12)7(11)6(4)10/h4-8H,10-13H2,1-3H3. The summed E-state index contributed by atoms with van der Waals surface area (Å²) in [5, 5.41) is 0. The molecule has 0 bridgehead atoms. The SMILES string of the molecule is CC1C(N)C(N)C(N)C(C)(N)C1C. The quantitative estimate of drug-likeness (QED) is 0.388. The Morgan fingerprint density at radius 3 is 1.92 bits per heavy atom. The van der Waals surface area contributed by atoms with E-state index in [1.165, 1.54) is 0 Å².